The lowest BCUT2D eigenvalue weighted by Gasteiger charge is -2.05. The Morgan fingerprint density at radius 2 is 2.12 bits per heavy atom. The molecule has 1 saturated carbocycles. The average Bonchev–Trinajstić information content (AvgIpc) is 3.01. The molecule has 1 aromatic heterocycles. The molecule has 2 rings (SSSR count). The first kappa shape index (κ1) is 11.6. The van der Waals surface area contributed by atoms with E-state index < -0.39 is 0 Å². The van der Waals surface area contributed by atoms with Gasteiger partial charge < -0.3 is 9.88 Å². The minimum atomic E-state index is 0.869. The van der Waals surface area contributed by atoms with E-state index >= 15 is 0 Å². The number of imidazole rings is 1. The van der Waals surface area contributed by atoms with Gasteiger partial charge in [-0.2, -0.15) is 0 Å². The summed E-state index contributed by atoms with van der Waals surface area (Å²) >= 11 is 0. The first-order chi connectivity index (χ1) is 7.86. The average molecular weight is 221 g/mol. The lowest BCUT2D eigenvalue weighted by molar-refractivity contribution is 0.545. The van der Waals surface area contributed by atoms with Gasteiger partial charge in [-0.1, -0.05) is 12.8 Å². The monoisotopic (exact) mass is 221 g/mol. The molecule has 3 heteroatoms. The van der Waals surface area contributed by atoms with E-state index in [1.165, 1.54) is 45.1 Å². The number of hydrogen-bond acceptors (Lipinski definition) is 2. The first-order valence-corrected chi connectivity index (χ1v) is 6.57. The van der Waals surface area contributed by atoms with Gasteiger partial charge in [0.15, 0.2) is 0 Å². The number of aryl methyl sites for hydroxylation is 2. The second kappa shape index (κ2) is 6.04. The lowest BCUT2D eigenvalue weighted by Crippen LogP contribution is -2.17. The second-order valence-electron chi connectivity index (χ2n) is 4.81. The molecule has 90 valence electrons. The highest BCUT2D eigenvalue weighted by atomic mass is 15.0. The molecule has 0 saturated heterocycles. The van der Waals surface area contributed by atoms with Crippen LogP contribution in [0.4, 0.5) is 0 Å². The number of hydrogen-bond donors (Lipinski definition) is 1. The first-order valence-electron chi connectivity index (χ1n) is 6.57. The van der Waals surface area contributed by atoms with Gasteiger partial charge in [-0.05, 0) is 39.2 Å². The van der Waals surface area contributed by atoms with Gasteiger partial charge in [-0.15, -0.1) is 0 Å². The van der Waals surface area contributed by atoms with E-state index in [9.17, 15) is 0 Å². The van der Waals surface area contributed by atoms with Crippen LogP contribution in [0, 0.1) is 6.92 Å². The number of aromatic nitrogens is 2. The largest absolute Gasteiger partial charge is 0.335 e. The van der Waals surface area contributed by atoms with E-state index in [-0.39, 0.29) is 0 Å². The van der Waals surface area contributed by atoms with Gasteiger partial charge in [0.1, 0.15) is 5.82 Å². The maximum atomic E-state index is 4.22. The highest BCUT2D eigenvalue weighted by molar-refractivity contribution is 4.88. The van der Waals surface area contributed by atoms with E-state index in [2.05, 4.69) is 28.0 Å². The molecule has 1 aliphatic carbocycles. The molecule has 1 fully saturated rings. The predicted octanol–water partition coefficient (Wildman–Crippen LogP) is 2.50. The van der Waals surface area contributed by atoms with Crippen molar-refractivity contribution in [1.29, 1.82) is 0 Å². The summed E-state index contributed by atoms with van der Waals surface area (Å²) in [7, 11) is 0. The number of nitrogens with one attached hydrogen (secondary N) is 1. The van der Waals surface area contributed by atoms with Crippen molar-refractivity contribution < 1.29 is 0 Å². The lowest BCUT2D eigenvalue weighted by atomic mass is 10.2. The fraction of sp³-hybridized carbons (Fsp3) is 0.769. The maximum absolute atomic E-state index is 4.22. The Hall–Kier alpha value is -0.830. The molecule has 16 heavy (non-hydrogen) atoms. The Kier molecular flexibility index (Phi) is 4.40. The summed E-state index contributed by atoms with van der Waals surface area (Å²) in [5, 5.41) is 3.55. The van der Waals surface area contributed by atoms with Crippen LogP contribution in [0.2, 0.25) is 0 Å². The third-order valence-corrected chi connectivity index (χ3v) is 3.26. The fourth-order valence-electron chi connectivity index (χ4n) is 1.99. The van der Waals surface area contributed by atoms with Crippen molar-refractivity contribution in [2.75, 3.05) is 6.54 Å². The molecule has 0 atom stereocenters. The van der Waals surface area contributed by atoms with Crippen LogP contribution in [0.15, 0.2) is 12.4 Å². The molecule has 0 aromatic carbocycles. The van der Waals surface area contributed by atoms with Crippen LogP contribution in [0.3, 0.4) is 0 Å². The molecule has 0 aliphatic heterocycles. The predicted molar refractivity (Wildman–Crippen MR) is 66.5 cm³/mol. The highest BCUT2D eigenvalue weighted by Crippen LogP contribution is 2.18. The summed E-state index contributed by atoms with van der Waals surface area (Å²) < 4.78 is 2.24. The van der Waals surface area contributed by atoms with Crippen molar-refractivity contribution in [1.82, 2.24) is 14.9 Å². The minimum Gasteiger partial charge on any atom is -0.335 e. The molecule has 0 bridgehead atoms. The minimum absolute atomic E-state index is 0.869. The van der Waals surface area contributed by atoms with Gasteiger partial charge in [0.05, 0.1) is 0 Å². The molecule has 0 unspecified atom stereocenters. The van der Waals surface area contributed by atoms with Crippen LogP contribution in [0.25, 0.3) is 0 Å². The summed E-state index contributed by atoms with van der Waals surface area (Å²) in [5.41, 5.74) is 0. The van der Waals surface area contributed by atoms with Gasteiger partial charge in [0.2, 0.25) is 0 Å². The Labute approximate surface area is 98.3 Å². The van der Waals surface area contributed by atoms with Gasteiger partial charge >= 0.3 is 0 Å². The zero-order chi connectivity index (χ0) is 11.2. The third-order valence-electron chi connectivity index (χ3n) is 3.26. The Morgan fingerprint density at radius 3 is 2.81 bits per heavy atom. The van der Waals surface area contributed by atoms with Crippen molar-refractivity contribution in [3.63, 3.8) is 0 Å². The van der Waals surface area contributed by atoms with E-state index in [0.717, 1.165) is 18.4 Å². The Balaban J connectivity index is 1.44. The zero-order valence-electron chi connectivity index (χ0n) is 10.3. The van der Waals surface area contributed by atoms with E-state index in [0.29, 0.717) is 0 Å². The molecule has 3 nitrogen and oxygen atoms in total. The molecule has 0 amide bonds. The zero-order valence-corrected chi connectivity index (χ0v) is 10.3. The molecule has 0 radical (unpaired) electrons. The van der Waals surface area contributed by atoms with Gasteiger partial charge in [-0.3, -0.25) is 0 Å². The summed E-state index contributed by atoms with van der Waals surface area (Å²) in [5.74, 6) is 1.13. The Morgan fingerprint density at radius 1 is 1.31 bits per heavy atom. The van der Waals surface area contributed by atoms with E-state index in [1.54, 1.807) is 0 Å². The molecule has 1 aromatic rings. The van der Waals surface area contributed by atoms with Gasteiger partial charge in [0.25, 0.3) is 0 Å². The van der Waals surface area contributed by atoms with Crippen molar-refractivity contribution in [2.24, 2.45) is 0 Å². The topological polar surface area (TPSA) is 29.9 Å². The molecule has 0 spiro atoms. The summed E-state index contributed by atoms with van der Waals surface area (Å²) in [6.07, 6.45) is 12.1. The van der Waals surface area contributed by atoms with E-state index in [1.807, 2.05) is 6.20 Å². The number of rotatable bonds is 8. The Bertz CT molecular complexity index is 302. The van der Waals surface area contributed by atoms with Crippen LogP contribution in [0.5, 0.6) is 0 Å². The highest BCUT2D eigenvalue weighted by Gasteiger charge is 2.19. The smallest absolute Gasteiger partial charge is 0.105 e. The van der Waals surface area contributed by atoms with Crippen molar-refractivity contribution >= 4 is 0 Å². The van der Waals surface area contributed by atoms with Crippen LogP contribution in [-0.2, 0) is 6.54 Å². The van der Waals surface area contributed by atoms with Gasteiger partial charge in [-0.25, -0.2) is 4.98 Å². The van der Waals surface area contributed by atoms with Crippen molar-refractivity contribution in [2.45, 2.75) is 58.0 Å². The molecular formula is C13H23N3. The molecule has 1 aliphatic rings. The van der Waals surface area contributed by atoms with E-state index in [4.69, 9.17) is 0 Å². The summed E-state index contributed by atoms with van der Waals surface area (Å²) in [4.78, 5) is 4.22. The third kappa shape index (κ3) is 3.97. The number of nitrogens with zero attached hydrogens (tertiary/aromatic N) is 2. The van der Waals surface area contributed by atoms with Gasteiger partial charge in [0, 0.05) is 25.0 Å². The normalized spacial score (nSPS) is 15.6. The van der Waals surface area contributed by atoms with Crippen molar-refractivity contribution in [3.8, 4) is 0 Å². The van der Waals surface area contributed by atoms with Crippen LogP contribution < -0.4 is 5.32 Å². The van der Waals surface area contributed by atoms with Crippen LogP contribution >= 0.6 is 0 Å². The molecular weight excluding hydrogens is 198 g/mol. The molecule has 1 heterocycles. The quantitative estimate of drug-likeness (QED) is 0.684. The van der Waals surface area contributed by atoms with Crippen molar-refractivity contribution in [3.05, 3.63) is 18.2 Å². The second-order valence-corrected chi connectivity index (χ2v) is 4.81. The summed E-state index contributed by atoms with van der Waals surface area (Å²) in [6, 6.07) is 0.869. The molecule has 1 N–H and O–H groups in total. The maximum Gasteiger partial charge on any atom is 0.105 e. The summed E-state index contributed by atoms with van der Waals surface area (Å²) in [6.45, 7) is 4.41. The number of unbranched alkanes of at least 4 members (excludes halogenated alkanes) is 3. The standard InChI is InChI=1S/C13H23N3/c1-12-14-9-11-16(12)10-5-3-2-4-8-15-13-6-7-13/h9,11,13,15H,2-8,10H2,1H3. The fourth-order valence-corrected chi connectivity index (χ4v) is 1.99. The van der Waals surface area contributed by atoms with Crippen LogP contribution in [0.1, 0.15) is 44.3 Å². The SMILES string of the molecule is Cc1nccn1CCCCCCNC1CC1. The van der Waals surface area contributed by atoms with Crippen LogP contribution in [-0.4, -0.2) is 22.1 Å².